The average Bonchev–Trinajstić information content (AvgIpc) is 2.95. The summed E-state index contributed by atoms with van der Waals surface area (Å²) >= 11 is 0. The lowest BCUT2D eigenvalue weighted by atomic mass is 10.00. The molecular formula is C14H18N2O3. The molecule has 1 saturated heterocycles. The Hall–Kier alpha value is -1.62. The molecule has 1 N–H and O–H groups in total. The van der Waals surface area contributed by atoms with Crippen LogP contribution in [0.1, 0.15) is 23.2 Å². The van der Waals surface area contributed by atoms with Gasteiger partial charge < -0.3 is 14.6 Å². The average molecular weight is 262 g/mol. The van der Waals surface area contributed by atoms with Crippen molar-refractivity contribution in [1.82, 2.24) is 9.47 Å². The molecule has 1 aromatic rings. The summed E-state index contributed by atoms with van der Waals surface area (Å²) in [4.78, 5) is 25.7. The van der Waals surface area contributed by atoms with Crippen molar-refractivity contribution in [1.29, 1.82) is 0 Å². The van der Waals surface area contributed by atoms with E-state index in [4.69, 9.17) is 0 Å². The van der Waals surface area contributed by atoms with Gasteiger partial charge in [0.25, 0.3) is 11.5 Å². The lowest BCUT2D eigenvalue weighted by Gasteiger charge is -2.18. The van der Waals surface area contributed by atoms with Gasteiger partial charge in [0.15, 0.2) is 0 Å². The third-order valence-electron chi connectivity index (χ3n) is 4.46. The van der Waals surface area contributed by atoms with E-state index in [1.165, 1.54) is 10.6 Å². The minimum Gasteiger partial charge on any atom is -0.393 e. The summed E-state index contributed by atoms with van der Waals surface area (Å²) in [5, 5.41) is 9.86. The zero-order valence-corrected chi connectivity index (χ0v) is 11.0. The highest BCUT2D eigenvalue weighted by Crippen LogP contribution is 2.38. The molecule has 1 aliphatic carbocycles. The largest absolute Gasteiger partial charge is 0.393 e. The number of likely N-dealkylation sites (tertiary alicyclic amines) is 1. The maximum atomic E-state index is 12.3. The first-order chi connectivity index (χ1) is 9.06. The number of fused-ring (bicyclic) bond motifs is 1. The van der Waals surface area contributed by atoms with E-state index < -0.39 is 0 Å². The summed E-state index contributed by atoms with van der Waals surface area (Å²) < 4.78 is 1.44. The molecule has 1 amide bonds. The van der Waals surface area contributed by atoms with E-state index in [1.807, 2.05) is 0 Å². The van der Waals surface area contributed by atoms with Crippen molar-refractivity contribution in [3.8, 4) is 0 Å². The van der Waals surface area contributed by atoms with E-state index in [1.54, 1.807) is 24.2 Å². The molecule has 3 rings (SSSR count). The van der Waals surface area contributed by atoms with E-state index in [0.717, 1.165) is 12.8 Å². The fraction of sp³-hybridized carbons (Fsp3) is 0.571. The first kappa shape index (κ1) is 12.4. The zero-order chi connectivity index (χ0) is 13.6. The summed E-state index contributed by atoms with van der Waals surface area (Å²) in [6.45, 7) is 1.32. The number of rotatable bonds is 1. The highest BCUT2D eigenvalue weighted by Gasteiger charge is 2.43. The van der Waals surface area contributed by atoms with Crippen molar-refractivity contribution in [2.45, 2.75) is 18.9 Å². The fourth-order valence-corrected chi connectivity index (χ4v) is 3.27. The Balaban J connectivity index is 1.78. The molecule has 5 heteroatoms. The number of hydrogen-bond donors (Lipinski definition) is 1. The third-order valence-corrected chi connectivity index (χ3v) is 4.46. The van der Waals surface area contributed by atoms with Gasteiger partial charge in [0.05, 0.1) is 6.10 Å². The number of pyridine rings is 1. The van der Waals surface area contributed by atoms with Crippen molar-refractivity contribution >= 4 is 5.91 Å². The van der Waals surface area contributed by atoms with Crippen LogP contribution in [0.3, 0.4) is 0 Å². The predicted molar refractivity (Wildman–Crippen MR) is 69.8 cm³/mol. The molecule has 19 heavy (non-hydrogen) atoms. The Kier molecular flexibility index (Phi) is 2.93. The molecule has 5 nitrogen and oxygen atoms in total. The molecule has 0 bridgehead atoms. The summed E-state index contributed by atoms with van der Waals surface area (Å²) in [6.07, 6.45) is 3.18. The van der Waals surface area contributed by atoms with Crippen molar-refractivity contribution < 1.29 is 9.90 Å². The number of aliphatic hydroxyl groups is 1. The maximum absolute atomic E-state index is 12.3. The zero-order valence-electron chi connectivity index (χ0n) is 11.0. The molecule has 0 radical (unpaired) electrons. The van der Waals surface area contributed by atoms with Crippen LogP contribution >= 0.6 is 0 Å². The number of hydrogen-bond acceptors (Lipinski definition) is 3. The molecule has 2 heterocycles. The molecule has 1 aromatic heterocycles. The van der Waals surface area contributed by atoms with Gasteiger partial charge in [0, 0.05) is 43.9 Å². The van der Waals surface area contributed by atoms with Crippen LogP contribution < -0.4 is 5.56 Å². The SMILES string of the molecule is Cn1ccc(C(=O)N2CC3CCC(O)C3C2)cc1=O. The molecule has 2 aliphatic rings. The van der Waals surface area contributed by atoms with Gasteiger partial charge in [-0.25, -0.2) is 0 Å². The smallest absolute Gasteiger partial charge is 0.254 e. The second-order valence-corrected chi connectivity index (χ2v) is 5.64. The molecule has 102 valence electrons. The molecule has 0 spiro atoms. The number of amides is 1. The number of aryl methyl sites for hydroxylation is 1. The van der Waals surface area contributed by atoms with Crippen LogP contribution in [0.5, 0.6) is 0 Å². The second kappa shape index (κ2) is 4.49. The van der Waals surface area contributed by atoms with Gasteiger partial charge in [0.1, 0.15) is 0 Å². The molecule has 1 saturated carbocycles. The predicted octanol–water partition coefficient (Wildman–Crippen LogP) is 0.228. The first-order valence-electron chi connectivity index (χ1n) is 6.70. The second-order valence-electron chi connectivity index (χ2n) is 5.64. The van der Waals surface area contributed by atoms with Gasteiger partial charge in [-0.1, -0.05) is 0 Å². The van der Waals surface area contributed by atoms with Gasteiger partial charge >= 0.3 is 0 Å². The number of aliphatic hydroxyl groups excluding tert-OH is 1. The Bertz CT molecular complexity index is 566. The molecule has 3 atom stereocenters. The minimum absolute atomic E-state index is 0.0979. The van der Waals surface area contributed by atoms with Crippen LogP contribution in [-0.2, 0) is 7.05 Å². The minimum atomic E-state index is -0.272. The highest BCUT2D eigenvalue weighted by atomic mass is 16.3. The topological polar surface area (TPSA) is 62.5 Å². The normalized spacial score (nSPS) is 29.6. The van der Waals surface area contributed by atoms with E-state index in [9.17, 15) is 14.7 Å². The van der Waals surface area contributed by atoms with E-state index in [0.29, 0.717) is 24.6 Å². The lowest BCUT2D eigenvalue weighted by molar-refractivity contribution is 0.0752. The summed E-state index contributed by atoms with van der Waals surface area (Å²) in [6, 6.07) is 3.06. The fourth-order valence-electron chi connectivity index (χ4n) is 3.27. The molecule has 1 aliphatic heterocycles. The van der Waals surface area contributed by atoms with Crippen molar-refractivity contribution in [3.63, 3.8) is 0 Å². The Labute approximate surface area is 111 Å². The molecule has 0 aromatic carbocycles. The molecule has 2 fully saturated rings. The van der Waals surface area contributed by atoms with Crippen LogP contribution in [0.4, 0.5) is 0 Å². The van der Waals surface area contributed by atoms with E-state index in [2.05, 4.69) is 0 Å². The van der Waals surface area contributed by atoms with Crippen LogP contribution in [0.2, 0.25) is 0 Å². The maximum Gasteiger partial charge on any atom is 0.254 e. The summed E-state index contributed by atoms with van der Waals surface area (Å²) in [5.74, 6) is 0.542. The number of nitrogens with zero attached hydrogens (tertiary/aromatic N) is 2. The monoisotopic (exact) mass is 262 g/mol. The number of aromatic nitrogens is 1. The van der Waals surface area contributed by atoms with Gasteiger partial charge in [-0.15, -0.1) is 0 Å². The van der Waals surface area contributed by atoms with Gasteiger partial charge in [-0.3, -0.25) is 9.59 Å². The number of carbonyl (C=O) groups is 1. The Morgan fingerprint density at radius 3 is 2.84 bits per heavy atom. The number of carbonyl (C=O) groups excluding carboxylic acids is 1. The summed E-state index contributed by atoms with van der Waals surface area (Å²) in [5.41, 5.74) is 0.267. The van der Waals surface area contributed by atoms with Gasteiger partial charge in [-0.2, -0.15) is 0 Å². The highest BCUT2D eigenvalue weighted by molar-refractivity contribution is 5.94. The Morgan fingerprint density at radius 2 is 2.16 bits per heavy atom. The van der Waals surface area contributed by atoms with Crippen LogP contribution in [0.15, 0.2) is 23.1 Å². The standard InChI is InChI=1S/C14H18N2O3/c1-15-5-4-9(6-13(15)18)14(19)16-7-10-2-3-12(17)11(10)8-16/h4-6,10-12,17H,2-3,7-8H2,1H3. The van der Waals surface area contributed by atoms with Crippen molar-refractivity contribution in [2.75, 3.05) is 13.1 Å². The Morgan fingerprint density at radius 1 is 1.37 bits per heavy atom. The van der Waals surface area contributed by atoms with Crippen LogP contribution in [-0.4, -0.2) is 39.7 Å². The van der Waals surface area contributed by atoms with E-state index >= 15 is 0 Å². The molecular weight excluding hydrogens is 244 g/mol. The van der Waals surface area contributed by atoms with Crippen molar-refractivity contribution in [3.05, 3.63) is 34.2 Å². The van der Waals surface area contributed by atoms with Crippen LogP contribution in [0, 0.1) is 11.8 Å². The molecule has 3 unspecified atom stereocenters. The summed E-state index contributed by atoms with van der Waals surface area (Å²) in [7, 11) is 1.66. The van der Waals surface area contributed by atoms with Gasteiger partial charge in [0.2, 0.25) is 0 Å². The van der Waals surface area contributed by atoms with E-state index in [-0.39, 0.29) is 23.5 Å². The third kappa shape index (κ3) is 2.08. The first-order valence-corrected chi connectivity index (χ1v) is 6.70. The quantitative estimate of drug-likeness (QED) is 0.788. The van der Waals surface area contributed by atoms with Crippen molar-refractivity contribution in [2.24, 2.45) is 18.9 Å². The van der Waals surface area contributed by atoms with Gasteiger partial charge in [-0.05, 0) is 24.8 Å². The van der Waals surface area contributed by atoms with Crippen LogP contribution in [0.25, 0.3) is 0 Å². The lowest BCUT2D eigenvalue weighted by Crippen LogP contribution is -2.32.